The van der Waals surface area contributed by atoms with Crippen LogP contribution in [-0.4, -0.2) is 51.9 Å². The zero-order valence-electron chi connectivity index (χ0n) is 18.1. The Morgan fingerprint density at radius 1 is 1.38 bits per heavy atom. The molecule has 1 aliphatic rings. The number of methoxy groups -OCH3 is 1. The maximum Gasteiger partial charge on any atom is 0.249 e. The number of nitrogens with zero attached hydrogens (tertiary/aromatic N) is 4. The summed E-state index contributed by atoms with van der Waals surface area (Å²) in [6, 6.07) is 3.90. The Balaban J connectivity index is 1.49. The third-order valence-electron chi connectivity index (χ3n) is 5.84. The van der Waals surface area contributed by atoms with E-state index in [4.69, 9.17) is 9.57 Å². The van der Waals surface area contributed by atoms with E-state index in [9.17, 15) is 4.79 Å². The first-order chi connectivity index (χ1) is 15.6. The Hall–Kier alpha value is -3.24. The van der Waals surface area contributed by atoms with Gasteiger partial charge < -0.3 is 10.1 Å². The van der Waals surface area contributed by atoms with E-state index in [1.807, 2.05) is 19.1 Å². The van der Waals surface area contributed by atoms with E-state index in [1.54, 1.807) is 38.0 Å². The van der Waals surface area contributed by atoms with E-state index < -0.39 is 0 Å². The Bertz CT molecular complexity index is 1300. The monoisotopic (exact) mass is 452 g/mol. The smallest absolute Gasteiger partial charge is 0.249 e. The van der Waals surface area contributed by atoms with Gasteiger partial charge in [0.1, 0.15) is 22.7 Å². The molecule has 9 nitrogen and oxygen atoms in total. The molecular formula is C22H24N6O3S. The zero-order valence-corrected chi connectivity index (χ0v) is 19.0. The summed E-state index contributed by atoms with van der Waals surface area (Å²) >= 11 is 1.64. The average Bonchev–Trinajstić information content (AvgIpc) is 3.41. The van der Waals surface area contributed by atoms with Crippen LogP contribution in [0.3, 0.4) is 0 Å². The third-order valence-corrected chi connectivity index (χ3v) is 7.00. The number of aryl methyl sites for hydroxylation is 1. The second-order valence-corrected chi connectivity index (χ2v) is 8.82. The van der Waals surface area contributed by atoms with Gasteiger partial charge in [-0.25, -0.2) is 15.0 Å². The summed E-state index contributed by atoms with van der Waals surface area (Å²) in [6.07, 6.45) is 5.61. The van der Waals surface area contributed by atoms with Crippen LogP contribution in [0, 0.1) is 5.92 Å². The van der Waals surface area contributed by atoms with Crippen LogP contribution < -0.4 is 10.1 Å². The summed E-state index contributed by atoms with van der Waals surface area (Å²) in [6.45, 7) is 2.35. The van der Waals surface area contributed by atoms with Crippen molar-refractivity contribution in [2.45, 2.75) is 26.2 Å². The number of hydrogen-bond acceptors (Lipinski definition) is 8. The summed E-state index contributed by atoms with van der Waals surface area (Å²) in [5.41, 5.74) is 2.93. The molecule has 0 bridgehead atoms. The fourth-order valence-corrected chi connectivity index (χ4v) is 5.56. The molecular weight excluding hydrogens is 428 g/mol. The van der Waals surface area contributed by atoms with Crippen LogP contribution in [0.15, 0.2) is 24.7 Å². The number of H-pyrrole nitrogens is 1. The number of nitrogens with one attached hydrogen (secondary N) is 2. The molecule has 1 amide bonds. The van der Waals surface area contributed by atoms with Gasteiger partial charge in [0, 0.05) is 29.3 Å². The first-order valence-electron chi connectivity index (χ1n) is 10.5. The average molecular weight is 453 g/mol. The van der Waals surface area contributed by atoms with Gasteiger partial charge in [0.2, 0.25) is 5.91 Å². The first kappa shape index (κ1) is 20.7. The highest BCUT2D eigenvalue weighted by molar-refractivity contribution is 7.19. The number of amides is 1. The minimum atomic E-state index is -0.0833. The van der Waals surface area contributed by atoms with Crippen molar-refractivity contribution in [2.24, 2.45) is 5.92 Å². The molecule has 10 heteroatoms. The minimum absolute atomic E-state index is 0.0255. The molecule has 2 N–H and O–H groups in total. The Kier molecular flexibility index (Phi) is 5.40. The predicted octanol–water partition coefficient (Wildman–Crippen LogP) is 3.83. The molecule has 1 unspecified atom stereocenters. The van der Waals surface area contributed by atoms with Crippen LogP contribution >= 0.6 is 11.3 Å². The number of aromatic nitrogens is 4. The lowest BCUT2D eigenvalue weighted by atomic mass is 9.87. The summed E-state index contributed by atoms with van der Waals surface area (Å²) in [5.74, 6) is 1.38. The number of benzene rings is 1. The summed E-state index contributed by atoms with van der Waals surface area (Å²) < 4.78 is 5.58. The summed E-state index contributed by atoms with van der Waals surface area (Å²) in [4.78, 5) is 29.3. The van der Waals surface area contributed by atoms with Crippen LogP contribution in [0.2, 0.25) is 0 Å². The Labute approximate surface area is 188 Å². The molecule has 0 aliphatic heterocycles. The lowest BCUT2D eigenvalue weighted by Crippen LogP contribution is -2.35. The van der Waals surface area contributed by atoms with Gasteiger partial charge in [-0.1, -0.05) is 0 Å². The largest absolute Gasteiger partial charge is 0.494 e. The minimum Gasteiger partial charge on any atom is -0.494 e. The fraction of sp³-hybridized carbons (Fsp3) is 0.364. The lowest BCUT2D eigenvalue weighted by molar-refractivity contribution is -0.181. The van der Waals surface area contributed by atoms with Crippen molar-refractivity contribution in [3.8, 4) is 5.75 Å². The lowest BCUT2D eigenvalue weighted by Gasteiger charge is -2.25. The summed E-state index contributed by atoms with van der Waals surface area (Å²) in [7, 11) is 3.32. The number of rotatable bonds is 6. The van der Waals surface area contributed by atoms with E-state index in [0.717, 1.165) is 45.5 Å². The van der Waals surface area contributed by atoms with Gasteiger partial charge in [0.25, 0.3) is 0 Å². The van der Waals surface area contributed by atoms with Crippen molar-refractivity contribution in [2.75, 3.05) is 26.1 Å². The van der Waals surface area contributed by atoms with Gasteiger partial charge in [-0.05, 0) is 37.8 Å². The van der Waals surface area contributed by atoms with Gasteiger partial charge in [-0.15, -0.1) is 11.3 Å². The van der Waals surface area contributed by atoms with Crippen molar-refractivity contribution in [3.05, 3.63) is 35.1 Å². The zero-order chi connectivity index (χ0) is 22.2. The second-order valence-electron chi connectivity index (χ2n) is 7.73. The van der Waals surface area contributed by atoms with E-state index >= 15 is 0 Å². The highest BCUT2D eigenvalue weighted by Gasteiger charge is 2.31. The predicted molar refractivity (Wildman–Crippen MR) is 123 cm³/mol. The van der Waals surface area contributed by atoms with Crippen molar-refractivity contribution < 1.29 is 14.4 Å². The van der Waals surface area contributed by atoms with E-state index in [0.29, 0.717) is 18.8 Å². The summed E-state index contributed by atoms with van der Waals surface area (Å²) in [5, 5.41) is 13.9. The van der Waals surface area contributed by atoms with Crippen molar-refractivity contribution in [1.82, 2.24) is 25.2 Å². The quantitative estimate of drug-likeness (QED) is 0.428. The number of ether oxygens (including phenoxy) is 1. The molecule has 32 heavy (non-hydrogen) atoms. The number of carbonyl (C=O) groups excluding carboxylic acids is 1. The van der Waals surface area contributed by atoms with E-state index in [-0.39, 0.29) is 11.8 Å². The molecule has 1 atom stereocenters. The third kappa shape index (κ3) is 3.55. The van der Waals surface area contributed by atoms with E-state index in [1.165, 1.54) is 15.5 Å². The highest BCUT2D eigenvalue weighted by atomic mass is 32.1. The van der Waals surface area contributed by atoms with Gasteiger partial charge in [0.05, 0.1) is 36.5 Å². The van der Waals surface area contributed by atoms with Crippen LogP contribution in [0.5, 0.6) is 5.75 Å². The van der Waals surface area contributed by atoms with Gasteiger partial charge in [-0.3, -0.25) is 14.7 Å². The number of hydroxylamine groups is 2. The van der Waals surface area contributed by atoms with Crippen LogP contribution in [0.1, 0.15) is 23.8 Å². The van der Waals surface area contributed by atoms with Crippen molar-refractivity contribution >= 4 is 49.9 Å². The molecule has 166 valence electrons. The number of hydrogen-bond donors (Lipinski definition) is 2. The normalized spacial score (nSPS) is 15.7. The molecule has 1 aliphatic carbocycles. The molecule has 3 heterocycles. The molecule has 0 radical (unpaired) electrons. The second kappa shape index (κ2) is 8.36. The SMILES string of the molecule is CCON(C)C(=O)C1CCc2c(sc3ncnc(Nc4cc5cn[nH]c5cc4OC)c23)C1. The van der Waals surface area contributed by atoms with Crippen LogP contribution in [0.4, 0.5) is 11.5 Å². The standard InChI is InChI=1S/C22H24N6O3S/c1-4-31-28(2)22(29)12-5-6-14-18(8-12)32-21-19(14)20(23-11-24-21)26-16-7-13-10-25-27-15(13)9-17(16)30-3/h7,9-12H,4-6,8H2,1-3H3,(H,25,27)(H,23,24,26). The van der Waals surface area contributed by atoms with Crippen molar-refractivity contribution in [1.29, 1.82) is 0 Å². The molecule has 3 aromatic heterocycles. The van der Waals surface area contributed by atoms with Crippen LogP contribution in [-0.2, 0) is 22.5 Å². The molecule has 0 saturated carbocycles. The number of aromatic amines is 1. The number of fused-ring (bicyclic) bond motifs is 4. The fourth-order valence-electron chi connectivity index (χ4n) is 4.30. The molecule has 1 aromatic carbocycles. The van der Waals surface area contributed by atoms with Crippen LogP contribution in [0.25, 0.3) is 21.1 Å². The first-order valence-corrected chi connectivity index (χ1v) is 11.3. The molecule has 5 rings (SSSR count). The number of thiophene rings is 1. The van der Waals surface area contributed by atoms with Gasteiger partial charge in [-0.2, -0.15) is 5.10 Å². The van der Waals surface area contributed by atoms with E-state index in [2.05, 4.69) is 25.5 Å². The van der Waals surface area contributed by atoms with Gasteiger partial charge >= 0.3 is 0 Å². The molecule has 0 saturated heterocycles. The maximum absolute atomic E-state index is 12.7. The van der Waals surface area contributed by atoms with Gasteiger partial charge in [0.15, 0.2) is 0 Å². The maximum atomic E-state index is 12.7. The number of carbonyl (C=O) groups is 1. The molecule has 4 aromatic rings. The Morgan fingerprint density at radius 2 is 2.25 bits per heavy atom. The molecule has 0 fully saturated rings. The Morgan fingerprint density at radius 3 is 3.06 bits per heavy atom. The number of anilines is 2. The highest BCUT2D eigenvalue weighted by Crippen LogP contribution is 2.41. The topological polar surface area (TPSA) is 105 Å². The molecule has 0 spiro atoms. The van der Waals surface area contributed by atoms with Crippen molar-refractivity contribution in [3.63, 3.8) is 0 Å².